The zero-order chi connectivity index (χ0) is 18.8. The maximum absolute atomic E-state index is 13.2. The Labute approximate surface area is 157 Å². The minimum Gasteiger partial charge on any atom is -0.487 e. The van der Waals surface area contributed by atoms with Gasteiger partial charge in [-0.15, -0.1) is 0 Å². The van der Waals surface area contributed by atoms with Gasteiger partial charge in [0.15, 0.2) is 0 Å². The first kappa shape index (κ1) is 17.3. The summed E-state index contributed by atoms with van der Waals surface area (Å²) in [5.74, 6) is 0.0469. The van der Waals surface area contributed by atoms with Crippen LogP contribution in [0.2, 0.25) is 0 Å². The molecule has 1 aromatic heterocycles. The van der Waals surface area contributed by atoms with Crippen LogP contribution in [0.3, 0.4) is 0 Å². The highest BCUT2D eigenvalue weighted by Gasteiger charge is 2.31. The summed E-state index contributed by atoms with van der Waals surface area (Å²) in [4.78, 5) is 14.8. The molecule has 2 aromatic carbocycles. The molecule has 5 nitrogen and oxygen atoms in total. The number of fused-ring (bicyclic) bond motifs is 1. The molecule has 0 N–H and O–H groups in total. The lowest BCUT2D eigenvalue weighted by Crippen LogP contribution is -2.46. The third-order valence-corrected chi connectivity index (χ3v) is 4.66. The van der Waals surface area contributed by atoms with Crippen molar-refractivity contribution >= 4 is 5.91 Å². The van der Waals surface area contributed by atoms with E-state index < -0.39 is 0 Å². The van der Waals surface area contributed by atoms with E-state index in [1.807, 2.05) is 42.2 Å². The minimum absolute atomic E-state index is 0.0397. The molecule has 0 saturated heterocycles. The third-order valence-electron chi connectivity index (χ3n) is 4.66. The number of hydrogen-bond donors (Lipinski definition) is 0. The number of halogens is 1. The van der Waals surface area contributed by atoms with Crippen molar-refractivity contribution in [1.82, 2.24) is 14.7 Å². The predicted octanol–water partition coefficient (Wildman–Crippen LogP) is 3.65. The van der Waals surface area contributed by atoms with Crippen LogP contribution in [0.1, 0.15) is 28.7 Å². The molecule has 6 heteroatoms. The average Bonchev–Trinajstić information content (AvgIpc) is 3.07. The second-order valence-corrected chi connectivity index (χ2v) is 6.72. The summed E-state index contributed by atoms with van der Waals surface area (Å²) >= 11 is 0. The van der Waals surface area contributed by atoms with E-state index in [4.69, 9.17) is 4.74 Å². The fraction of sp³-hybridized carbons (Fsp3) is 0.238. The molecular formula is C21H20FN3O2. The van der Waals surface area contributed by atoms with Crippen LogP contribution in [0.15, 0.2) is 60.7 Å². The number of benzene rings is 2. The van der Waals surface area contributed by atoms with Crippen LogP contribution >= 0.6 is 0 Å². The van der Waals surface area contributed by atoms with Gasteiger partial charge in [0.05, 0.1) is 6.54 Å². The Morgan fingerprint density at radius 2 is 1.96 bits per heavy atom. The van der Waals surface area contributed by atoms with Crippen molar-refractivity contribution in [1.29, 1.82) is 0 Å². The summed E-state index contributed by atoms with van der Waals surface area (Å²) < 4.78 is 20.6. The third kappa shape index (κ3) is 3.69. The summed E-state index contributed by atoms with van der Waals surface area (Å²) in [5, 5.41) is 4.48. The summed E-state index contributed by atoms with van der Waals surface area (Å²) in [6.07, 6.45) is 0. The van der Waals surface area contributed by atoms with Crippen molar-refractivity contribution < 1.29 is 13.9 Å². The molecular weight excluding hydrogens is 345 g/mol. The van der Waals surface area contributed by atoms with Gasteiger partial charge < -0.3 is 9.64 Å². The first-order valence-corrected chi connectivity index (χ1v) is 8.90. The van der Waals surface area contributed by atoms with E-state index >= 15 is 0 Å². The largest absolute Gasteiger partial charge is 0.487 e. The van der Waals surface area contributed by atoms with E-state index in [2.05, 4.69) is 5.10 Å². The number of rotatable bonds is 5. The lowest BCUT2D eigenvalue weighted by molar-refractivity contribution is 0.0584. The van der Waals surface area contributed by atoms with Crippen LogP contribution in [0.25, 0.3) is 0 Å². The molecule has 0 aliphatic carbocycles. The monoisotopic (exact) mass is 365 g/mol. The molecule has 27 heavy (non-hydrogen) atoms. The number of carbonyl (C=O) groups excluding carboxylic acids is 1. The number of amides is 1. The minimum atomic E-state index is -0.350. The first-order valence-electron chi connectivity index (χ1n) is 8.90. The molecule has 1 aliphatic heterocycles. The van der Waals surface area contributed by atoms with Gasteiger partial charge in [-0.1, -0.05) is 36.4 Å². The maximum atomic E-state index is 13.2. The van der Waals surface area contributed by atoms with E-state index in [9.17, 15) is 9.18 Å². The highest BCUT2D eigenvalue weighted by Crippen LogP contribution is 2.22. The molecule has 1 amide bonds. The van der Waals surface area contributed by atoms with Crippen molar-refractivity contribution in [2.75, 3.05) is 0 Å². The van der Waals surface area contributed by atoms with Crippen LogP contribution in [-0.4, -0.2) is 26.6 Å². The van der Waals surface area contributed by atoms with E-state index in [1.165, 1.54) is 12.1 Å². The Kier molecular flexibility index (Phi) is 4.62. The average molecular weight is 365 g/mol. The number of nitrogens with zero attached hydrogens (tertiary/aromatic N) is 3. The molecule has 0 spiro atoms. The lowest BCUT2D eigenvalue weighted by atomic mass is 10.1. The second kappa shape index (κ2) is 7.23. The van der Waals surface area contributed by atoms with Crippen molar-refractivity contribution in [3.05, 3.63) is 83.4 Å². The summed E-state index contributed by atoms with van der Waals surface area (Å²) in [5.41, 5.74) is 2.30. The Balaban J connectivity index is 1.49. The highest BCUT2D eigenvalue weighted by molar-refractivity contribution is 5.93. The summed E-state index contributed by atoms with van der Waals surface area (Å²) in [6, 6.07) is 17.7. The Morgan fingerprint density at radius 1 is 1.15 bits per heavy atom. The van der Waals surface area contributed by atoms with Crippen molar-refractivity contribution in [3.8, 4) is 5.75 Å². The van der Waals surface area contributed by atoms with Crippen LogP contribution < -0.4 is 4.74 Å². The Bertz CT molecular complexity index is 955. The molecule has 1 aliphatic rings. The zero-order valence-electron chi connectivity index (χ0n) is 15.0. The Hall–Kier alpha value is -3.15. The van der Waals surface area contributed by atoms with Gasteiger partial charge in [0.2, 0.25) is 0 Å². The summed E-state index contributed by atoms with van der Waals surface area (Å²) in [7, 11) is 0. The quantitative estimate of drug-likeness (QED) is 0.693. The summed E-state index contributed by atoms with van der Waals surface area (Å²) in [6.45, 7) is 3.41. The molecule has 2 heterocycles. The standard InChI is InChI=1S/C21H20FN3O2/c1-15-12-25-20(21(26)24(15)13-16-6-3-2-4-7-16)11-18(23-25)14-27-19-9-5-8-17(22)10-19/h2-11,15H,12-14H2,1H3. The van der Waals surface area contributed by atoms with Gasteiger partial charge >= 0.3 is 0 Å². The van der Waals surface area contributed by atoms with Crippen molar-refractivity contribution in [2.45, 2.75) is 32.7 Å². The molecule has 1 atom stereocenters. The van der Waals surface area contributed by atoms with Gasteiger partial charge in [0.25, 0.3) is 5.91 Å². The number of hydrogen-bond acceptors (Lipinski definition) is 3. The van der Waals surface area contributed by atoms with E-state index in [1.54, 1.807) is 22.9 Å². The van der Waals surface area contributed by atoms with Gasteiger partial charge in [-0.2, -0.15) is 5.10 Å². The number of aromatic nitrogens is 2. The first-order chi connectivity index (χ1) is 13.1. The fourth-order valence-electron chi connectivity index (χ4n) is 3.27. The number of ether oxygens (including phenoxy) is 1. The second-order valence-electron chi connectivity index (χ2n) is 6.72. The molecule has 138 valence electrons. The molecule has 4 rings (SSSR count). The van der Waals surface area contributed by atoms with Crippen molar-refractivity contribution in [2.24, 2.45) is 0 Å². The molecule has 0 fully saturated rings. The Morgan fingerprint density at radius 3 is 2.74 bits per heavy atom. The molecule has 0 radical (unpaired) electrons. The predicted molar refractivity (Wildman–Crippen MR) is 98.7 cm³/mol. The lowest BCUT2D eigenvalue weighted by Gasteiger charge is -2.33. The van der Waals surface area contributed by atoms with Gasteiger partial charge in [0, 0.05) is 18.7 Å². The zero-order valence-corrected chi connectivity index (χ0v) is 15.0. The van der Waals surface area contributed by atoms with E-state index in [-0.39, 0.29) is 24.4 Å². The van der Waals surface area contributed by atoms with Crippen molar-refractivity contribution in [3.63, 3.8) is 0 Å². The smallest absolute Gasteiger partial charge is 0.272 e. The normalized spacial score (nSPS) is 16.3. The SMILES string of the molecule is CC1Cn2nc(COc3cccc(F)c3)cc2C(=O)N1Cc1ccccc1. The van der Waals surface area contributed by atoms with Gasteiger partial charge in [0.1, 0.15) is 29.6 Å². The van der Waals surface area contributed by atoms with Crippen LogP contribution in [0.4, 0.5) is 4.39 Å². The maximum Gasteiger partial charge on any atom is 0.272 e. The molecule has 0 saturated carbocycles. The number of carbonyl (C=O) groups is 1. The van der Waals surface area contributed by atoms with Gasteiger partial charge in [-0.3, -0.25) is 9.48 Å². The highest BCUT2D eigenvalue weighted by atomic mass is 19.1. The topological polar surface area (TPSA) is 47.4 Å². The van der Waals surface area contributed by atoms with Crippen LogP contribution in [0.5, 0.6) is 5.75 Å². The molecule has 1 unspecified atom stereocenters. The molecule has 3 aromatic rings. The van der Waals surface area contributed by atoms with Gasteiger partial charge in [-0.25, -0.2) is 4.39 Å². The molecule has 0 bridgehead atoms. The van der Waals surface area contributed by atoms with Crippen LogP contribution in [-0.2, 0) is 19.7 Å². The van der Waals surface area contributed by atoms with Gasteiger partial charge in [-0.05, 0) is 30.7 Å². The van der Waals surface area contributed by atoms with Crippen LogP contribution in [0, 0.1) is 5.82 Å². The fourth-order valence-corrected chi connectivity index (χ4v) is 3.27. The van der Waals surface area contributed by atoms with E-state index in [0.29, 0.717) is 30.2 Å². The van der Waals surface area contributed by atoms with E-state index in [0.717, 1.165) is 5.56 Å².